The minimum Gasteiger partial charge on any atom is -0.506 e. The first-order valence-corrected chi connectivity index (χ1v) is 9.43. The Labute approximate surface area is 161 Å². The maximum Gasteiger partial charge on any atom is 0.227 e. The average molecular weight is 417 g/mol. The van der Waals surface area contributed by atoms with Crippen LogP contribution < -0.4 is 5.32 Å². The lowest BCUT2D eigenvalue weighted by molar-refractivity contribution is -0.133. The first kappa shape index (κ1) is 18.5. The summed E-state index contributed by atoms with van der Waals surface area (Å²) in [5, 5.41) is 12.5. The van der Waals surface area contributed by atoms with Crippen LogP contribution in [-0.4, -0.2) is 34.9 Å². The van der Waals surface area contributed by atoms with Gasteiger partial charge in [-0.25, -0.2) is 0 Å². The largest absolute Gasteiger partial charge is 0.506 e. The number of para-hydroxylation sites is 2. The number of aromatic hydroxyl groups is 1. The van der Waals surface area contributed by atoms with Crippen LogP contribution in [0.3, 0.4) is 0 Å². The fraction of sp³-hybridized carbons (Fsp3) is 0.300. The summed E-state index contributed by atoms with van der Waals surface area (Å²) in [6.45, 7) is 1.16. The molecule has 1 saturated heterocycles. The van der Waals surface area contributed by atoms with Crippen molar-refractivity contribution in [3.8, 4) is 5.75 Å². The van der Waals surface area contributed by atoms with Crippen molar-refractivity contribution in [1.82, 2.24) is 4.90 Å². The Morgan fingerprint density at radius 2 is 1.73 bits per heavy atom. The van der Waals surface area contributed by atoms with Gasteiger partial charge in [0, 0.05) is 23.5 Å². The molecule has 1 fully saturated rings. The molecule has 3 rings (SSSR count). The SMILES string of the molecule is O=C(Nc1ccccc1O)C1CCN(C(=O)Cc2ccc(Br)cc2)CC1. The zero-order chi connectivity index (χ0) is 18.5. The molecule has 0 aromatic heterocycles. The second-order valence-corrected chi connectivity index (χ2v) is 7.38. The molecule has 1 aliphatic heterocycles. The third-order valence-corrected chi connectivity index (χ3v) is 5.18. The van der Waals surface area contributed by atoms with E-state index in [2.05, 4.69) is 21.2 Å². The van der Waals surface area contributed by atoms with Crippen LogP contribution in [0, 0.1) is 5.92 Å². The van der Waals surface area contributed by atoms with Crippen molar-refractivity contribution < 1.29 is 14.7 Å². The molecule has 0 unspecified atom stereocenters. The Kier molecular flexibility index (Phi) is 5.93. The molecule has 1 aliphatic rings. The first-order valence-electron chi connectivity index (χ1n) is 8.64. The van der Waals surface area contributed by atoms with Crippen LogP contribution in [0.4, 0.5) is 5.69 Å². The maximum atomic E-state index is 12.4. The van der Waals surface area contributed by atoms with Gasteiger partial charge in [-0.05, 0) is 42.7 Å². The van der Waals surface area contributed by atoms with Crippen LogP contribution in [0.15, 0.2) is 53.0 Å². The van der Waals surface area contributed by atoms with Crippen molar-refractivity contribution in [2.75, 3.05) is 18.4 Å². The van der Waals surface area contributed by atoms with Crippen LogP contribution >= 0.6 is 15.9 Å². The van der Waals surface area contributed by atoms with E-state index in [0.717, 1.165) is 10.0 Å². The number of benzene rings is 2. The lowest BCUT2D eigenvalue weighted by Crippen LogP contribution is -2.42. The number of hydrogen-bond donors (Lipinski definition) is 2. The maximum absolute atomic E-state index is 12.4. The monoisotopic (exact) mass is 416 g/mol. The van der Waals surface area contributed by atoms with E-state index in [1.807, 2.05) is 29.2 Å². The predicted octanol–water partition coefficient (Wildman–Crippen LogP) is 3.57. The van der Waals surface area contributed by atoms with Gasteiger partial charge in [-0.1, -0.05) is 40.2 Å². The summed E-state index contributed by atoms with van der Waals surface area (Å²) in [5.74, 6) is -0.104. The molecule has 2 aromatic rings. The summed E-state index contributed by atoms with van der Waals surface area (Å²) in [4.78, 5) is 26.7. The number of nitrogens with zero attached hydrogens (tertiary/aromatic N) is 1. The standard InChI is InChI=1S/C20H21BrN2O3/c21-16-7-5-14(6-8-16)13-19(25)23-11-9-15(10-12-23)20(26)22-17-3-1-2-4-18(17)24/h1-8,15,24H,9-13H2,(H,22,26). The highest BCUT2D eigenvalue weighted by atomic mass is 79.9. The number of carbonyl (C=O) groups is 2. The van der Waals surface area contributed by atoms with Crippen LogP contribution in [0.5, 0.6) is 5.75 Å². The molecule has 1 heterocycles. The van der Waals surface area contributed by atoms with Crippen molar-refractivity contribution in [2.24, 2.45) is 5.92 Å². The number of likely N-dealkylation sites (tertiary alicyclic amines) is 1. The van der Waals surface area contributed by atoms with Crippen molar-refractivity contribution in [1.29, 1.82) is 0 Å². The molecule has 136 valence electrons. The number of amides is 2. The zero-order valence-electron chi connectivity index (χ0n) is 14.3. The van der Waals surface area contributed by atoms with Crippen LogP contribution in [-0.2, 0) is 16.0 Å². The van der Waals surface area contributed by atoms with Gasteiger partial charge >= 0.3 is 0 Å². The number of phenols is 1. The summed E-state index contributed by atoms with van der Waals surface area (Å²) >= 11 is 3.39. The van der Waals surface area contributed by atoms with Crippen molar-refractivity contribution in [3.05, 3.63) is 58.6 Å². The summed E-state index contributed by atoms with van der Waals surface area (Å²) in [6, 6.07) is 14.4. The fourth-order valence-corrected chi connectivity index (χ4v) is 3.36. The molecule has 2 aromatic carbocycles. The molecule has 0 radical (unpaired) electrons. The second kappa shape index (κ2) is 8.36. The van der Waals surface area contributed by atoms with Gasteiger partial charge in [-0.2, -0.15) is 0 Å². The third-order valence-electron chi connectivity index (χ3n) is 4.65. The highest BCUT2D eigenvalue weighted by molar-refractivity contribution is 9.10. The number of anilines is 1. The number of piperidine rings is 1. The normalized spacial score (nSPS) is 14.9. The van der Waals surface area contributed by atoms with Gasteiger partial charge in [0.05, 0.1) is 12.1 Å². The second-order valence-electron chi connectivity index (χ2n) is 6.46. The van der Waals surface area contributed by atoms with Crippen molar-refractivity contribution >= 4 is 33.4 Å². The van der Waals surface area contributed by atoms with Gasteiger partial charge in [0.1, 0.15) is 5.75 Å². The predicted molar refractivity (Wildman–Crippen MR) is 104 cm³/mol. The molecule has 6 heteroatoms. The Hall–Kier alpha value is -2.34. The minimum atomic E-state index is -0.147. The number of phenolic OH excluding ortho intramolecular Hbond substituents is 1. The molecule has 0 saturated carbocycles. The Bertz CT molecular complexity index is 784. The van der Waals surface area contributed by atoms with E-state index in [1.54, 1.807) is 24.3 Å². The topological polar surface area (TPSA) is 69.6 Å². The molecule has 2 N–H and O–H groups in total. The Morgan fingerprint density at radius 1 is 1.08 bits per heavy atom. The van der Waals surface area contributed by atoms with Gasteiger partial charge < -0.3 is 15.3 Å². The molecule has 0 bridgehead atoms. The zero-order valence-corrected chi connectivity index (χ0v) is 15.9. The van der Waals surface area contributed by atoms with Gasteiger partial charge in [0.25, 0.3) is 0 Å². The van der Waals surface area contributed by atoms with Crippen LogP contribution in [0.25, 0.3) is 0 Å². The molecule has 2 amide bonds. The van der Waals surface area contributed by atoms with E-state index >= 15 is 0 Å². The van der Waals surface area contributed by atoms with Crippen LogP contribution in [0.1, 0.15) is 18.4 Å². The highest BCUT2D eigenvalue weighted by Gasteiger charge is 2.27. The molecular weight excluding hydrogens is 396 g/mol. The lowest BCUT2D eigenvalue weighted by Gasteiger charge is -2.31. The number of carbonyl (C=O) groups excluding carboxylic acids is 2. The number of hydrogen-bond acceptors (Lipinski definition) is 3. The minimum absolute atomic E-state index is 0.0583. The van der Waals surface area contributed by atoms with Crippen molar-refractivity contribution in [2.45, 2.75) is 19.3 Å². The summed E-state index contributed by atoms with van der Waals surface area (Å²) in [7, 11) is 0. The summed E-state index contributed by atoms with van der Waals surface area (Å²) in [5.41, 5.74) is 1.41. The smallest absolute Gasteiger partial charge is 0.227 e. The fourth-order valence-electron chi connectivity index (χ4n) is 3.09. The molecule has 0 aliphatic carbocycles. The number of rotatable bonds is 4. The highest BCUT2D eigenvalue weighted by Crippen LogP contribution is 2.25. The number of nitrogens with one attached hydrogen (secondary N) is 1. The molecule has 5 nitrogen and oxygen atoms in total. The molecule has 0 spiro atoms. The van der Waals surface area contributed by atoms with E-state index in [4.69, 9.17) is 0 Å². The van der Waals surface area contributed by atoms with E-state index in [9.17, 15) is 14.7 Å². The van der Waals surface area contributed by atoms with Gasteiger partial charge in [-0.3, -0.25) is 9.59 Å². The van der Waals surface area contributed by atoms with E-state index in [1.165, 1.54) is 0 Å². The molecular formula is C20H21BrN2O3. The Balaban J connectivity index is 1.50. The Morgan fingerprint density at radius 3 is 2.38 bits per heavy atom. The molecule has 0 atom stereocenters. The summed E-state index contributed by atoms with van der Waals surface area (Å²) in [6.07, 6.45) is 1.64. The third kappa shape index (κ3) is 4.64. The van der Waals surface area contributed by atoms with E-state index in [-0.39, 0.29) is 23.5 Å². The quantitative estimate of drug-likeness (QED) is 0.748. The number of halogens is 1. The average Bonchev–Trinajstić information content (AvgIpc) is 2.65. The van der Waals surface area contributed by atoms with Gasteiger partial charge in [0.15, 0.2) is 0 Å². The van der Waals surface area contributed by atoms with Crippen LogP contribution in [0.2, 0.25) is 0 Å². The van der Waals surface area contributed by atoms with Gasteiger partial charge in [-0.15, -0.1) is 0 Å². The van der Waals surface area contributed by atoms with Gasteiger partial charge in [0.2, 0.25) is 11.8 Å². The lowest BCUT2D eigenvalue weighted by atomic mass is 9.95. The summed E-state index contributed by atoms with van der Waals surface area (Å²) < 4.78 is 0.991. The van der Waals surface area contributed by atoms with E-state index in [0.29, 0.717) is 38.0 Å². The van der Waals surface area contributed by atoms with Crippen molar-refractivity contribution in [3.63, 3.8) is 0 Å². The molecule has 26 heavy (non-hydrogen) atoms. The first-order chi connectivity index (χ1) is 12.5. The van der Waals surface area contributed by atoms with E-state index < -0.39 is 0 Å².